The fourth-order valence-electron chi connectivity index (χ4n) is 3.35. The van der Waals surface area contributed by atoms with E-state index in [2.05, 4.69) is 41.5 Å². The Bertz CT molecular complexity index is 223. The molecule has 104 valence electrons. The molecule has 0 spiro atoms. The van der Waals surface area contributed by atoms with Crippen molar-refractivity contribution in [2.45, 2.75) is 92.5 Å². The van der Waals surface area contributed by atoms with Gasteiger partial charge in [0.25, 0.3) is 0 Å². The number of hydrogen-bond acceptors (Lipinski definition) is 0. The van der Waals surface area contributed by atoms with E-state index in [4.69, 9.17) is 0 Å². The maximum Gasteiger partial charge on any atom is 0.169 e. The third kappa shape index (κ3) is 5.67. The predicted molar refractivity (Wildman–Crippen MR) is 90.3 cm³/mol. The first-order chi connectivity index (χ1) is 8.65. The van der Waals surface area contributed by atoms with Crippen molar-refractivity contribution in [3.8, 4) is 0 Å². The average Bonchev–Trinajstić information content (AvgIpc) is 2.37. The number of rotatable bonds is 10. The molecule has 0 rings (SSSR count). The molecule has 0 radical (unpaired) electrons. The van der Waals surface area contributed by atoms with Crippen LogP contribution in [0.15, 0.2) is 10.9 Å². The molecule has 0 saturated carbocycles. The first-order valence-corrected chi connectivity index (χ1v) is 8.35. The van der Waals surface area contributed by atoms with E-state index in [-0.39, 0.29) is 0 Å². The summed E-state index contributed by atoms with van der Waals surface area (Å²) in [6, 6.07) is 0. The van der Waals surface area contributed by atoms with E-state index in [0.29, 0.717) is 0 Å². The van der Waals surface area contributed by atoms with Gasteiger partial charge in [-0.2, -0.15) is 0 Å². The lowest BCUT2D eigenvalue weighted by molar-refractivity contribution is 0.915. The maximum atomic E-state index is 2.42. The minimum Gasteiger partial charge on any atom is -0.113 e. The molecular formula is C16H34B2. The number of allylic oxidation sites excluding steroid dienone is 2. The molecule has 0 N–H and O–H groups in total. The molecule has 0 aliphatic heterocycles. The van der Waals surface area contributed by atoms with Crippen molar-refractivity contribution in [2.75, 3.05) is 0 Å². The molecule has 0 heterocycles. The van der Waals surface area contributed by atoms with Gasteiger partial charge in [-0.3, -0.25) is 0 Å². The molecule has 0 bridgehead atoms. The van der Waals surface area contributed by atoms with E-state index < -0.39 is 0 Å². The minimum absolute atomic E-state index is 0.822. The van der Waals surface area contributed by atoms with E-state index in [0.717, 1.165) is 13.4 Å². The molecule has 0 aromatic rings. The van der Waals surface area contributed by atoms with Crippen LogP contribution in [-0.4, -0.2) is 13.4 Å². The molecule has 2 heteroatoms. The van der Waals surface area contributed by atoms with Crippen LogP contribution in [0.4, 0.5) is 0 Å². The molecule has 18 heavy (non-hydrogen) atoms. The summed E-state index contributed by atoms with van der Waals surface area (Å²) in [6.45, 7) is 15.8. The normalized spacial score (nSPS) is 12.3. The van der Waals surface area contributed by atoms with Gasteiger partial charge in [0.15, 0.2) is 13.4 Å². The Morgan fingerprint density at radius 2 is 1.22 bits per heavy atom. The second kappa shape index (κ2) is 10.8. The van der Waals surface area contributed by atoms with E-state index in [1.54, 1.807) is 5.47 Å². The van der Waals surface area contributed by atoms with Crippen molar-refractivity contribution in [3.05, 3.63) is 10.9 Å². The van der Waals surface area contributed by atoms with Gasteiger partial charge in [-0.1, -0.05) is 86.1 Å². The average molecular weight is 248 g/mol. The highest BCUT2D eigenvalue weighted by molar-refractivity contribution is 6.73. The van der Waals surface area contributed by atoms with Crippen LogP contribution in [0.2, 0.25) is 25.3 Å². The lowest BCUT2D eigenvalue weighted by Crippen LogP contribution is -2.23. The van der Waals surface area contributed by atoms with Crippen LogP contribution >= 0.6 is 0 Å². The fourth-order valence-corrected chi connectivity index (χ4v) is 3.35. The highest BCUT2D eigenvalue weighted by Gasteiger charge is 2.22. The van der Waals surface area contributed by atoms with Crippen molar-refractivity contribution in [2.24, 2.45) is 0 Å². The van der Waals surface area contributed by atoms with Gasteiger partial charge in [0.1, 0.15) is 0 Å². The van der Waals surface area contributed by atoms with Gasteiger partial charge in [-0.05, 0) is 6.42 Å². The monoisotopic (exact) mass is 248 g/mol. The standard InChI is InChI=1S/C16H34B2/c1-7-12-16(15(6)17(10-4)11-5)18(13-8-2)14-9-3/h7-14H2,1-6H3/b16-15-. The lowest BCUT2D eigenvalue weighted by atomic mass is 9.31. The van der Waals surface area contributed by atoms with Crippen LogP contribution in [0.1, 0.15) is 67.2 Å². The molecule has 0 unspecified atom stereocenters. The van der Waals surface area contributed by atoms with Crippen LogP contribution in [0.25, 0.3) is 0 Å². The Morgan fingerprint density at radius 3 is 1.56 bits per heavy atom. The summed E-state index contributed by atoms with van der Waals surface area (Å²) < 4.78 is 0. The zero-order chi connectivity index (χ0) is 14.0. The van der Waals surface area contributed by atoms with Crippen LogP contribution in [0.5, 0.6) is 0 Å². The van der Waals surface area contributed by atoms with Crippen molar-refractivity contribution in [3.63, 3.8) is 0 Å². The molecule has 0 aromatic heterocycles. The molecule has 0 atom stereocenters. The molecule has 0 amide bonds. The van der Waals surface area contributed by atoms with Crippen LogP contribution < -0.4 is 0 Å². The highest BCUT2D eigenvalue weighted by atomic mass is 14.0. The Labute approximate surface area is 117 Å². The minimum atomic E-state index is 0.822. The van der Waals surface area contributed by atoms with Gasteiger partial charge >= 0.3 is 0 Å². The fraction of sp³-hybridized carbons (Fsp3) is 0.875. The van der Waals surface area contributed by atoms with Gasteiger partial charge in [0, 0.05) is 0 Å². The van der Waals surface area contributed by atoms with E-state index in [1.807, 2.05) is 5.47 Å². The van der Waals surface area contributed by atoms with Crippen molar-refractivity contribution in [1.29, 1.82) is 0 Å². The summed E-state index contributed by atoms with van der Waals surface area (Å²) in [4.78, 5) is 0. The van der Waals surface area contributed by atoms with E-state index in [1.165, 1.54) is 51.0 Å². The molecule has 0 saturated heterocycles. The Morgan fingerprint density at radius 1 is 0.722 bits per heavy atom. The van der Waals surface area contributed by atoms with Crippen molar-refractivity contribution >= 4 is 13.4 Å². The van der Waals surface area contributed by atoms with Gasteiger partial charge in [0.05, 0.1) is 0 Å². The smallest absolute Gasteiger partial charge is 0.113 e. The van der Waals surface area contributed by atoms with Crippen LogP contribution in [-0.2, 0) is 0 Å². The van der Waals surface area contributed by atoms with Gasteiger partial charge in [-0.15, -0.1) is 10.9 Å². The largest absolute Gasteiger partial charge is 0.169 e. The van der Waals surface area contributed by atoms with Gasteiger partial charge in [0.2, 0.25) is 0 Å². The first kappa shape index (κ1) is 17.9. The highest BCUT2D eigenvalue weighted by Crippen LogP contribution is 2.25. The predicted octanol–water partition coefficient (Wildman–Crippen LogP) is 6.03. The van der Waals surface area contributed by atoms with Crippen molar-refractivity contribution in [1.82, 2.24) is 0 Å². The molecule has 0 fully saturated rings. The molecule has 0 aliphatic carbocycles. The summed E-state index contributed by atoms with van der Waals surface area (Å²) in [5.74, 6) is 0. The SMILES string of the molecule is CCCB(CCC)/C(CCC)=C(/C)B(CC)CC. The van der Waals surface area contributed by atoms with Crippen molar-refractivity contribution < 1.29 is 0 Å². The van der Waals surface area contributed by atoms with Gasteiger partial charge < -0.3 is 0 Å². The molecule has 0 aromatic carbocycles. The second-order valence-electron chi connectivity index (χ2n) is 5.75. The third-order valence-electron chi connectivity index (χ3n) is 4.39. The molecule has 0 nitrogen and oxygen atoms in total. The zero-order valence-electron chi connectivity index (χ0n) is 13.8. The van der Waals surface area contributed by atoms with E-state index >= 15 is 0 Å². The van der Waals surface area contributed by atoms with Gasteiger partial charge in [-0.25, -0.2) is 0 Å². The summed E-state index contributed by atoms with van der Waals surface area (Å²) in [5, 5.41) is 0. The molecule has 0 aliphatic rings. The Balaban J connectivity index is 5.12. The summed E-state index contributed by atoms with van der Waals surface area (Å²) in [5.41, 5.74) is 3.55. The quantitative estimate of drug-likeness (QED) is 0.414. The zero-order valence-corrected chi connectivity index (χ0v) is 13.8. The maximum absolute atomic E-state index is 2.42. The summed E-state index contributed by atoms with van der Waals surface area (Å²) in [6.07, 6.45) is 10.7. The molecular weight excluding hydrogens is 214 g/mol. The first-order valence-electron chi connectivity index (χ1n) is 8.35. The van der Waals surface area contributed by atoms with Crippen LogP contribution in [0.3, 0.4) is 0 Å². The summed E-state index contributed by atoms with van der Waals surface area (Å²) >= 11 is 0. The third-order valence-corrected chi connectivity index (χ3v) is 4.39. The summed E-state index contributed by atoms with van der Waals surface area (Å²) in [7, 11) is 0. The van der Waals surface area contributed by atoms with E-state index in [9.17, 15) is 0 Å². The topological polar surface area (TPSA) is 0 Å². The Hall–Kier alpha value is -0.130. The Kier molecular flexibility index (Phi) is 10.7. The lowest BCUT2D eigenvalue weighted by Gasteiger charge is -2.23. The second-order valence-corrected chi connectivity index (χ2v) is 5.75. The van der Waals surface area contributed by atoms with Crippen LogP contribution in [0, 0.1) is 0 Å². The number of hydrogen-bond donors (Lipinski definition) is 0.